The third-order valence-electron chi connectivity index (χ3n) is 2.96. The van der Waals surface area contributed by atoms with Crippen LogP contribution in [0.2, 0.25) is 0 Å². The Morgan fingerprint density at radius 3 is 2.50 bits per heavy atom. The summed E-state index contributed by atoms with van der Waals surface area (Å²) in [6, 6.07) is 0. The van der Waals surface area contributed by atoms with Crippen LogP contribution >= 0.6 is 0 Å². The molecule has 2 saturated carbocycles. The normalized spacial score (nSPS) is 31.5. The molecule has 0 N–H and O–H groups in total. The third kappa shape index (κ3) is 0.619. The molecule has 0 unspecified atom stereocenters. The van der Waals surface area contributed by atoms with Crippen molar-refractivity contribution in [1.82, 2.24) is 0 Å². The van der Waals surface area contributed by atoms with Crippen LogP contribution in [0.15, 0.2) is 5.16 Å². The van der Waals surface area contributed by atoms with E-state index in [9.17, 15) is 0 Å². The van der Waals surface area contributed by atoms with Crippen LogP contribution in [0.25, 0.3) is 0 Å². The lowest BCUT2D eigenvalue weighted by molar-refractivity contribution is 0.146. The van der Waals surface area contributed by atoms with Gasteiger partial charge in [0.15, 0.2) is 0 Å². The molecule has 2 aliphatic carbocycles. The highest BCUT2D eigenvalue weighted by atomic mass is 16.6. The van der Waals surface area contributed by atoms with Gasteiger partial charge in [0.1, 0.15) is 7.11 Å². The Kier molecular flexibility index (Phi) is 1.22. The van der Waals surface area contributed by atoms with Gasteiger partial charge >= 0.3 is 0 Å². The first-order valence-corrected chi connectivity index (χ1v) is 3.98. The topological polar surface area (TPSA) is 21.6 Å². The van der Waals surface area contributed by atoms with Gasteiger partial charge in [0.2, 0.25) is 0 Å². The lowest BCUT2D eigenvalue weighted by Crippen LogP contribution is -2.46. The maximum absolute atomic E-state index is 4.76. The fourth-order valence-corrected chi connectivity index (χ4v) is 1.99. The Balaban J connectivity index is 2.05. The predicted molar refractivity (Wildman–Crippen MR) is 40.0 cm³/mol. The second-order valence-electron chi connectivity index (χ2n) is 3.35. The molecule has 56 valence electrons. The monoisotopic (exact) mass is 139 g/mol. The van der Waals surface area contributed by atoms with Gasteiger partial charge < -0.3 is 4.84 Å². The van der Waals surface area contributed by atoms with Crippen LogP contribution in [0.3, 0.4) is 0 Å². The Labute approximate surface area is 61.2 Å². The van der Waals surface area contributed by atoms with E-state index < -0.39 is 0 Å². The number of oxime groups is 1. The highest BCUT2D eigenvalue weighted by Gasteiger charge is 2.48. The van der Waals surface area contributed by atoms with Gasteiger partial charge in [-0.25, -0.2) is 0 Å². The Morgan fingerprint density at radius 2 is 2.20 bits per heavy atom. The minimum absolute atomic E-state index is 0.538. The smallest absolute Gasteiger partial charge is 0.106 e. The summed E-state index contributed by atoms with van der Waals surface area (Å²) in [7, 11) is 1.64. The van der Waals surface area contributed by atoms with Gasteiger partial charge in [-0.3, -0.25) is 0 Å². The van der Waals surface area contributed by atoms with Gasteiger partial charge in [-0.1, -0.05) is 11.6 Å². The zero-order valence-electron chi connectivity index (χ0n) is 6.39. The van der Waals surface area contributed by atoms with E-state index in [1.165, 1.54) is 37.8 Å². The maximum Gasteiger partial charge on any atom is 0.106 e. The van der Waals surface area contributed by atoms with Crippen molar-refractivity contribution in [1.29, 1.82) is 0 Å². The van der Waals surface area contributed by atoms with Crippen molar-refractivity contribution in [2.24, 2.45) is 10.6 Å². The minimum Gasteiger partial charge on any atom is -0.399 e. The van der Waals surface area contributed by atoms with Crippen LogP contribution in [0.1, 0.15) is 32.1 Å². The molecule has 0 bridgehead atoms. The van der Waals surface area contributed by atoms with Crippen LogP contribution in [-0.4, -0.2) is 12.8 Å². The molecule has 0 aromatic heterocycles. The standard InChI is InChI=1S/C8H13NO/c1-10-9-7-3-6-8(7)4-2-5-8/h2-6H2,1H3/b9-7-. The van der Waals surface area contributed by atoms with E-state index in [0.29, 0.717) is 5.41 Å². The van der Waals surface area contributed by atoms with E-state index in [2.05, 4.69) is 5.16 Å². The molecule has 0 saturated heterocycles. The van der Waals surface area contributed by atoms with Gasteiger partial charge in [-0.2, -0.15) is 0 Å². The fraction of sp³-hybridized carbons (Fsp3) is 0.875. The number of nitrogens with zero attached hydrogens (tertiary/aromatic N) is 1. The summed E-state index contributed by atoms with van der Waals surface area (Å²) < 4.78 is 0. The Morgan fingerprint density at radius 1 is 1.40 bits per heavy atom. The summed E-state index contributed by atoms with van der Waals surface area (Å²) in [4.78, 5) is 4.76. The molecule has 2 nitrogen and oxygen atoms in total. The van der Waals surface area contributed by atoms with Crippen molar-refractivity contribution in [3.8, 4) is 0 Å². The molecular formula is C8H13NO. The van der Waals surface area contributed by atoms with E-state index in [1.807, 2.05) is 0 Å². The van der Waals surface area contributed by atoms with Crippen LogP contribution < -0.4 is 0 Å². The third-order valence-corrected chi connectivity index (χ3v) is 2.96. The summed E-state index contributed by atoms with van der Waals surface area (Å²) in [6.45, 7) is 0. The van der Waals surface area contributed by atoms with Crippen LogP contribution in [-0.2, 0) is 4.84 Å². The summed E-state index contributed by atoms with van der Waals surface area (Å²) in [5, 5.41) is 4.02. The van der Waals surface area contributed by atoms with Crippen LogP contribution in [0.5, 0.6) is 0 Å². The average Bonchev–Trinajstić information content (AvgIpc) is 1.77. The summed E-state index contributed by atoms with van der Waals surface area (Å²) in [5.41, 5.74) is 1.86. The zero-order chi connectivity index (χ0) is 7.03. The largest absolute Gasteiger partial charge is 0.399 e. The molecule has 0 atom stereocenters. The molecule has 2 rings (SSSR count). The summed E-state index contributed by atoms with van der Waals surface area (Å²) in [5.74, 6) is 0. The summed E-state index contributed by atoms with van der Waals surface area (Å²) in [6.07, 6.45) is 6.64. The average molecular weight is 139 g/mol. The molecule has 0 aromatic carbocycles. The van der Waals surface area contributed by atoms with Gasteiger partial charge in [0, 0.05) is 5.41 Å². The van der Waals surface area contributed by atoms with E-state index in [0.717, 1.165) is 0 Å². The SMILES string of the molecule is CO/N=C1/CCC12CCC2. The lowest BCUT2D eigenvalue weighted by atomic mass is 9.55. The number of hydrogen-bond acceptors (Lipinski definition) is 2. The molecule has 2 aliphatic rings. The molecule has 10 heavy (non-hydrogen) atoms. The van der Waals surface area contributed by atoms with E-state index >= 15 is 0 Å². The minimum atomic E-state index is 0.538. The number of hydrogen-bond donors (Lipinski definition) is 0. The van der Waals surface area contributed by atoms with Gasteiger partial charge in [-0.05, 0) is 25.7 Å². The van der Waals surface area contributed by atoms with E-state index in [-0.39, 0.29) is 0 Å². The fourth-order valence-electron chi connectivity index (χ4n) is 1.99. The summed E-state index contributed by atoms with van der Waals surface area (Å²) >= 11 is 0. The first-order chi connectivity index (χ1) is 4.87. The molecule has 0 amide bonds. The van der Waals surface area contributed by atoms with Gasteiger partial charge in [0.05, 0.1) is 5.71 Å². The number of rotatable bonds is 1. The second kappa shape index (κ2) is 1.97. The maximum atomic E-state index is 4.76. The van der Waals surface area contributed by atoms with Crippen molar-refractivity contribution in [2.75, 3.05) is 7.11 Å². The second-order valence-corrected chi connectivity index (χ2v) is 3.35. The molecular weight excluding hydrogens is 126 g/mol. The first-order valence-electron chi connectivity index (χ1n) is 3.98. The Hall–Kier alpha value is -0.530. The highest BCUT2D eigenvalue weighted by Crippen LogP contribution is 2.53. The van der Waals surface area contributed by atoms with Crippen LogP contribution in [0, 0.1) is 5.41 Å². The lowest BCUT2D eigenvalue weighted by Gasteiger charge is -2.49. The predicted octanol–water partition coefficient (Wildman–Crippen LogP) is 1.95. The van der Waals surface area contributed by atoms with E-state index in [4.69, 9.17) is 4.84 Å². The molecule has 0 radical (unpaired) electrons. The molecule has 0 aliphatic heterocycles. The van der Waals surface area contributed by atoms with Gasteiger partial charge in [-0.15, -0.1) is 0 Å². The van der Waals surface area contributed by atoms with Crippen molar-refractivity contribution in [2.45, 2.75) is 32.1 Å². The molecule has 2 fully saturated rings. The molecule has 2 heteroatoms. The Bertz CT molecular complexity index is 165. The highest BCUT2D eigenvalue weighted by molar-refractivity contribution is 5.95. The quantitative estimate of drug-likeness (QED) is 0.509. The van der Waals surface area contributed by atoms with E-state index in [1.54, 1.807) is 7.11 Å². The van der Waals surface area contributed by atoms with Crippen molar-refractivity contribution in [3.05, 3.63) is 0 Å². The first kappa shape index (κ1) is 6.20. The van der Waals surface area contributed by atoms with Crippen molar-refractivity contribution < 1.29 is 4.84 Å². The van der Waals surface area contributed by atoms with Crippen molar-refractivity contribution in [3.63, 3.8) is 0 Å². The molecule has 1 spiro atoms. The molecule has 0 heterocycles. The van der Waals surface area contributed by atoms with Crippen molar-refractivity contribution >= 4 is 5.71 Å². The zero-order valence-corrected chi connectivity index (χ0v) is 6.39. The van der Waals surface area contributed by atoms with Crippen LogP contribution in [0.4, 0.5) is 0 Å². The molecule has 0 aromatic rings. The van der Waals surface area contributed by atoms with Gasteiger partial charge in [0.25, 0.3) is 0 Å².